The van der Waals surface area contributed by atoms with Gasteiger partial charge in [0.25, 0.3) is 0 Å². The lowest BCUT2D eigenvalue weighted by Crippen LogP contribution is -2.31. The minimum Gasteiger partial charge on any atom is -0.357 e. The number of rotatable bonds is 4. The summed E-state index contributed by atoms with van der Waals surface area (Å²) >= 11 is 4.87. The highest BCUT2D eigenvalue weighted by Gasteiger charge is 2.24. The molecule has 24 heavy (non-hydrogen) atoms. The zero-order valence-corrected chi connectivity index (χ0v) is 12.7. The number of hydrogen-bond acceptors (Lipinski definition) is 2. The van der Waals surface area contributed by atoms with E-state index in [1.54, 1.807) is 0 Å². The van der Waals surface area contributed by atoms with Gasteiger partial charge in [-0.25, -0.2) is 22.0 Å². The van der Waals surface area contributed by atoms with Gasteiger partial charge in [-0.2, -0.15) is 5.10 Å². The predicted molar refractivity (Wildman–Crippen MR) is 82.8 cm³/mol. The summed E-state index contributed by atoms with van der Waals surface area (Å²) in [4.78, 5) is 0. The van der Waals surface area contributed by atoms with Crippen LogP contribution in [0.1, 0.15) is 11.1 Å². The molecule has 0 amide bonds. The number of nitrogens with one attached hydrogen (secondary N) is 2. The molecule has 0 aliphatic heterocycles. The van der Waals surface area contributed by atoms with Crippen molar-refractivity contribution in [1.82, 2.24) is 10.7 Å². The molecule has 0 radical (unpaired) electrons. The fourth-order valence-corrected chi connectivity index (χ4v) is 1.83. The average Bonchev–Trinajstić information content (AvgIpc) is 2.60. The number of halogens is 5. The van der Waals surface area contributed by atoms with Crippen LogP contribution < -0.4 is 10.7 Å². The zero-order chi connectivity index (χ0) is 17.7. The van der Waals surface area contributed by atoms with Crippen LogP contribution in [0.3, 0.4) is 0 Å². The Bertz CT molecular complexity index is 751. The second kappa shape index (κ2) is 7.82. The Hall–Kier alpha value is -2.55. The van der Waals surface area contributed by atoms with Gasteiger partial charge in [0.2, 0.25) is 5.82 Å². The third-order valence-corrected chi connectivity index (χ3v) is 3.14. The molecule has 2 rings (SSSR count). The molecule has 0 aromatic heterocycles. The van der Waals surface area contributed by atoms with Gasteiger partial charge in [-0.1, -0.05) is 30.3 Å². The van der Waals surface area contributed by atoms with Crippen LogP contribution in [0.25, 0.3) is 0 Å². The van der Waals surface area contributed by atoms with Crippen molar-refractivity contribution in [2.75, 3.05) is 0 Å². The van der Waals surface area contributed by atoms with Crippen LogP contribution in [0.4, 0.5) is 22.0 Å². The van der Waals surface area contributed by atoms with Gasteiger partial charge in [0.15, 0.2) is 28.4 Å². The van der Waals surface area contributed by atoms with Crippen molar-refractivity contribution in [2.24, 2.45) is 5.10 Å². The van der Waals surface area contributed by atoms with Crippen LogP contribution >= 0.6 is 12.2 Å². The van der Waals surface area contributed by atoms with E-state index >= 15 is 0 Å². The van der Waals surface area contributed by atoms with Crippen LogP contribution in [0.5, 0.6) is 0 Å². The highest BCUT2D eigenvalue weighted by molar-refractivity contribution is 7.80. The highest BCUT2D eigenvalue weighted by Crippen LogP contribution is 2.21. The molecule has 0 spiro atoms. The van der Waals surface area contributed by atoms with E-state index in [4.69, 9.17) is 12.2 Å². The Balaban J connectivity index is 2.00. The van der Waals surface area contributed by atoms with Gasteiger partial charge in [0, 0.05) is 6.54 Å². The van der Waals surface area contributed by atoms with Gasteiger partial charge in [-0.3, -0.25) is 5.43 Å². The van der Waals surface area contributed by atoms with Gasteiger partial charge >= 0.3 is 0 Å². The van der Waals surface area contributed by atoms with Crippen LogP contribution in [-0.2, 0) is 6.54 Å². The molecule has 0 atom stereocenters. The summed E-state index contributed by atoms with van der Waals surface area (Å²) in [6.45, 7) is 0.366. The Morgan fingerprint density at radius 3 is 2.04 bits per heavy atom. The lowest BCUT2D eigenvalue weighted by Gasteiger charge is -2.07. The van der Waals surface area contributed by atoms with Crippen LogP contribution in [0.2, 0.25) is 0 Å². The van der Waals surface area contributed by atoms with Gasteiger partial charge in [-0.05, 0) is 17.8 Å². The van der Waals surface area contributed by atoms with Gasteiger partial charge in [0.1, 0.15) is 0 Å². The van der Waals surface area contributed by atoms with Gasteiger partial charge in [-0.15, -0.1) is 0 Å². The molecular weight excluding hydrogens is 349 g/mol. The van der Waals surface area contributed by atoms with E-state index in [-0.39, 0.29) is 5.11 Å². The summed E-state index contributed by atoms with van der Waals surface area (Å²) < 4.78 is 65.7. The highest BCUT2D eigenvalue weighted by atomic mass is 32.1. The summed E-state index contributed by atoms with van der Waals surface area (Å²) in [7, 11) is 0. The molecule has 0 heterocycles. The van der Waals surface area contributed by atoms with E-state index in [2.05, 4.69) is 15.8 Å². The summed E-state index contributed by atoms with van der Waals surface area (Å²) in [5.74, 6) is -10.3. The first-order valence-corrected chi connectivity index (χ1v) is 6.95. The number of nitrogens with zero attached hydrogens (tertiary/aromatic N) is 1. The fraction of sp³-hybridized carbons (Fsp3) is 0.0667. The van der Waals surface area contributed by atoms with Gasteiger partial charge in [0.05, 0.1) is 11.8 Å². The molecule has 3 nitrogen and oxygen atoms in total. The molecular formula is C15H10F5N3S. The van der Waals surface area contributed by atoms with E-state index in [1.165, 1.54) is 0 Å². The normalized spacial score (nSPS) is 10.9. The first-order chi connectivity index (χ1) is 11.4. The van der Waals surface area contributed by atoms with E-state index < -0.39 is 34.6 Å². The molecule has 0 aliphatic carbocycles. The number of hydrogen-bond donors (Lipinski definition) is 2. The Morgan fingerprint density at radius 1 is 0.917 bits per heavy atom. The van der Waals surface area contributed by atoms with Crippen molar-refractivity contribution < 1.29 is 22.0 Å². The topological polar surface area (TPSA) is 36.4 Å². The molecule has 2 aromatic carbocycles. The van der Waals surface area contributed by atoms with Crippen molar-refractivity contribution in [2.45, 2.75) is 6.54 Å². The molecule has 0 saturated heterocycles. The van der Waals surface area contributed by atoms with Crippen LogP contribution in [-0.4, -0.2) is 11.3 Å². The molecule has 2 aromatic rings. The molecule has 0 bridgehead atoms. The molecule has 2 N–H and O–H groups in total. The largest absolute Gasteiger partial charge is 0.357 e. The maximum absolute atomic E-state index is 13.4. The summed E-state index contributed by atoms with van der Waals surface area (Å²) in [5, 5.41) is 6.14. The van der Waals surface area contributed by atoms with Crippen molar-refractivity contribution in [1.29, 1.82) is 0 Å². The van der Waals surface area contributed by atoms with Crippen molar-refractivity contribution in [3.05, 3.63) is 70.5 Å². The summed E-state index contributed by atoms with van der Waals surface area (Å²) in [5.41, 5.74) is 1.99. The second-order valence-corrected chi connectivity index (χ2v) is 4.93. The number of thiocarbonyl (C=S) groups is 1. The number of hydrazone groups is 1. The smallest absolute Gasteiger partial charge is 0.200 e. The van der Waals surface area contributed by atoms with Crippen LogP contribution in [0, 0.1) is 29.1 Å². The zero-order valence-electron chi connectivity index (χ0n) is 11.9. The quantitative estimate of drug-likeness (QED) is 0.219. The van der Waals surface area contributed by atoms with Crippen molar-refractivity contribution in [3.8, 4) is 0 Å². The van der Waals surface area contributed by atoms with Crippen molar-refractivity contribution in [3.63, 3.8) is 0 Å². The Labute approximate surface area is 139 Å². The summed E-state index contributed by atoms with van der Waals surface area (Å²) in [6.07, 6.45) is 0.465. The maximum Gasteiger partial charge on any atom is 0.200 e. The first-order valence-electron chi connectivity index (χ1n) is 6.54. The first kappa shape index (κ1) is 17.8. The van der Waals surface area contributed by atoms with Crippen molar-refractivity contribution >= 4 is 23.5 Å². The maximum atomic E-state index is 13.4. The summed E-state index contributed by atoms with van der Waals surface area (Å²) in [6, 6.07) is 9.18. The monoisotopic (exact) mass is 359 g/mol. The lowest BCUT2D eigenvalue weighted by molar-refractivity contribution is 0.377. The second-order valence-electron chi connectivity index (χ2n) is 4.52. The third-order valence-electron chi connectivity index (χ3n) is 2.90. The standard InChI is InChI=1S/C15H10F5N3S/c16-10-9(11(17)13(19)14(20)12(10)18)7-22-23-15(24)21-6-8-4-2-1-3-5-8/h1-5,7H,6H2,(H2,21,23,24)/b22-7-. The Kier molecular flexibility index (Phi) is 5.80. The predicted octanol–water partition coefficient (Wildman–Crippen LogP) is 3.38. The van der Waals surface area contributed by atoms with E-state index in [1.807, 2.05) is 30.3 Å². The minimum atomic E-state index is -2.23. The molecule has 126 valence electrons. The molecule has 0 saturated carbocycles. The lowest BCUT2D eigenvalue weighted by atomic mass is 10.2. The molecule has 0 fully saturated rings. The van der Waals surface area contributed by atoms with E-state index in [0.717, 1.165) is 5.56 Å². The average molecular weight is 359 g/mol. The minimum absolute atomic E-state index is 0.0129. The fourth-order valence-electron chi connectivity index (χ4n) is 1.71. The number of benzene rings is 2. The van der Waals surface area contributed by atoms with E-state index in [9.17, 15) is 22.0 Å². The Morgan fingerprint density at radius 2 is 1.46 bits per heavy atom. The third kappa shape index (κ3) is 4.05. The molecule has 9 heteroatoms. The van der Waals surface area contributed by atoms with E-state index in [0.29, 0.717) is 12.8 Å². The molecule has 0 unspecified atom stereocenters. The van der Waals surface area contributed by atoms with Crippen LogP contribution in [0.15, 0.2) is 35.4 Å². The van der Waals surface area contributed by atoms with Gasteiger partial charge < -0.3 is 5.32 Å². The SMILES string of the molecule is Fc1c(F)c(F)c(/C=N\NC(=S)NCc2ccccc2)c(F)c1F. The molecule has 0 aliphatic rings.